The van der Waals surface area contributed by atoms with Crippen molar-refractivity contribution < 1.29 is 4.79 Å². The molecule has 1 saturated heterocycles. The standard InChI is InChI=1S/C19H26N6O/c1-14-7-6-8-15(21-14)13-20-19(26)24-11-4-2-9-16(24)18-23-22-17-10-3-5-12-25(17)18/h6-8,16H,2-5,9-13H2,1H3,(H,20,26). The molecule has 0 saturated carbocycles. The fraction of sp³-hybridized carbons (Fsp3) is 0.579. The number of amides is 2. The first-order valence-corrected chi connectivity index (χ1v) is 9.61. The third kappa shape index (κ3) is 3.43. The molecule has 2 amide bonds. The molecule has 2 aliphatic heterocycles. The molecule has 4 rings (SSSR count). The number of aromatic nitrogens is 4. The van der Waals surface area contributed by atoms with Crippen molar-refractivity contribution in [1.82, 2.24) is 30.0 Å². The molecule has 26 heavy (non-hydrogen) atoms. The van der Waals surface area contributed by atoms with Crippen LogP contribution in [0.1, 0.15) is 61.2 Å². The summed E-state index contributed by atoms with van der Waals surface area (Å²) in [4.78, 5) is 19.3. The zero-order chi connectivity index (χ0) is 17.9. The topological polar surface area (TPSA) is 75.9 Å². The second kappa shape index (κ2) is 7.43. The van der Waals surface area contributed by atoms with Crippen LogP contribution in [-0.2, 0) is 19.5 Å². The average molecular weight is 354 g/mol. The van der Waals surface area contributed by atoms with Crippen molar-refractivity contribution in [1.29, 1.82) is 0 Å². The maximum absolute atomic E-state index is 12.9. The molecule has 4 heterocycles. The second-order valence-electron chi connectivity index (χ2n) is 7.22. The number of pyridine rings is 1. The molecule has 0 aliphatic carbocycles. The Morgan fingerprint density at radius 3 is 2.96 bits per heavy atom. The highest BCUT2D eigenvalue weighted by atomic mass is 16.2. The SMILES string of the molecule is Cc1cccc(CNC(=O)N2CCCCC2c2nnc3n2CCCC3)n1. The molecule has 0 spiro atoms. The molecule has 2 aromatic rings. The monoisotopic (exact) mass is 354 g/mol. The number of rotatable bonds is 3. The summed E-state index contributed by atoms with van der Waals surface area (Å²) in [6, 6.07) is 5.85. The van der Waals surface area contributed by atoms with Gasteiger partial charge in [-0.1, -0.05) is 6.07 Å². The molecule has 7 heteroatoms. The number of fused-ring (bicyclic) bond motifs is 1. The van der Waals surface area contributed by atoms with Gasteiger partial charge in [0.25, 0.3) is 0 Å². The van der Waals surface area contributed by atoms with E-state index < -0.39 is 0 Å². The van der Waals surface area contributed by atoms with Crippen molar-refractivity contribution in [3.63, 3.8) is 0 Å². The van der Waals surface area contributed by atoms with Gasteiger partial charge < -0.3 is 14.8 Å². The molecule has 2 aromatic heterocycles. The Kier molecular flexibility index (Phi) is 4.86. The second-order valence-corrected chi connectivity index (χ2v) is 7.22. The van der Waals surface area contributed by atoms with Crippen LogP contribution >= 0.6 is 0 Å². The fourth-order valence-corrected chi connectivity index (χ4v) is 3.99. The van der Waals surface area contributed by atoms with Gasteiger partial charge in [-0.05, 0) is 51.2 Å². The summed E-state index contributed by atoms with van der Waals surface area (Å²) in [6.45, 7) is 4.14. The van der Waals surface area contributed by atoms with Crippen LogP contribution < -0.4 is 5.32 Å². The quantitative estimate of drug-likeness (QED) is 0.919. The summed E-state index contributed by atoms with van der Waals surface area (Å²) < 4.78 is 2.24. The number of hydrogen-bond acceptors (Lipinski definition) is 4. The zero-order valence-corrected chi connectivity index (χ0v) is 15.3. The largest absolute Gasteiger partial charge is 0.332 e. The molecule has 1 unspecified atom stereocenters. The van der Waals surface area contributed by atoms with E-state index in [1.807, 2.05) is 30.0 Å². The Labute approximate surface area is 153 Å². The van der Waals surface area contributed by atoms with E-state index in [9.17, 15) is 4.79 Å². The molecule has 2 aliphatic rings. The minimum absolute atomic E-state index is 0.0218. The smallest absolute Gasteiger partial charge is 0.318 e. The van der Waals surface area contributed by atoms with Crippen molar-refractivity contribution in [2.45, 2.75) is 64.6 Å². The maximum Gasteiger partial charge on any atom is 0.318 e. The first-order valence-electron chi connectivity index (χ1n) is 9.61. The van der Waals surface area contributed by atoms with E-state index in [0.29, 0.717) is 6.54 Å². The lowest BCUT2D eigenvalue weighted by atomic mass is 10.0. The van der Waals surface area contributed by atoms with Gasteiger partial charge >= 0.3 is 6.03 Å². The number of carbonyl (C=O) groups is 1. The number of aryl methyl sites for hydroxylation is 2. The first kappa shape index (κ1) is 17.0. The van der Waals surface area contributed by atoms with Crippen LogP contribution in [0.25, 0.3) is 0 Å². The Morgan fingerprint density at radius 2 is 2.08 bits per heavy atom. The molecule has 138 valence electrons. The van der Waals surface area contributed by atoms with Gasteiger partial charge in [-0.15, -0.1) is 10.2 Å². The Morgan fingerprint density at radius 1 is 1.19 bits per heavy atom. The Hall–Kier alpha value is -2.44. The number of nitrogens with one attached hydrogen (secondary N) is 1. The molecule has 1 fully saturated rings. The van der Waals surface area contributed by atoms with Crippen LogP contribution in [0.4, 0.5) is 4.79 Å². The molecule has 0 aromatic carbocycles. The first-order chi connectivity index (χ1) is 12.7. The average Bonchev–Trinajstić information content (AvgIpc) is 3.10. The van der Waals surface area contributed by atoms with Gasteiger partial charge in [-0.25, -0.2) is 4.79 Å². The predicted octanol–water partition coefficient (Wildman–Crippen LogP) is 2.75. The van der Waals surface area contributed by atoms with Crippen LogP contribution in [0.2, 0.25) is 0 Å². The molecule has 1 atom stereocenters. The third-order valence-electron chi connectivity index (χ3n) is 5.32. The maximum atomic E-state index is 12.9. The molecule has 1 N–H and O–H groups in total. The van der Waals surface area contributed by atoms with Crippen LogP contribution in [0.15, 0.2) is 18.2 Å². The lowest BCUT2D eigenvalue weighted by Gasteiger charge is -2.35. The lowest BCUT2D eigenvalue weighted by Crippen LogP contribution is -2.45. The summed E-state index contributed by atoms with van der Waals surface area (Å²) in [6.07, 6.45) is 6.44. The highest BCUT2D eigenvalue weighted by Gasteiger charge is 2.32. The lowest BCUT2D eigenvalue weighted by molar-refractivity contribution is 0.144. The van der Waals surface area contributed by atoms with Crippen LogP contribution in [-0.4, -0.2) is 37.2 Å². The number of carbonyl (C=O) groups excluding carboxylic acids is 1. The number of nitrogens with zero attached hydrogens (tertiary/aromatic N) is 5. The van der Waals surface area contributed by atoms with Crippen molar-refractivity contribution >= 4 is 6.03 Å². The van der Waals surface area contributed by atoms with Gasteiger partial charge in [0, 0.05) is 25.2 Å². The Bertz CT molecular complexity index is 786. The van der Waals surface area contributed by atoms with Crippen LogP contribution in [0.5, 0.6) is 0 Å². The van der Waals surface area contributed by atoms with Crippen molar-refractivity contribution in [2.24, 2.45) is 0 Å². The van der Waals surface area contributed by atoms with Crippen molar-refractivity contribution in [2.75, 3.05) is 6.54 Å². The van der Waals surface area contributed by atoms with Crippen molar-refractivity contribution in [3.05, 3.63) is 41.2 Å². The van der Waals surface area contributed by atoms with Crippen LogP contribution in [0, 0.1) is 6.92 Å². The summed E-state index contributed by atoms with van der Waals surface area (Å²) in [5, 5.41) is 11.9. The van der Waals surface area contributed by atoms with Gasteiger partial charge in [0.05, 0.1) is 18.3 Å². The minimum Gasteiger partial charge on any atom is -0.332 e. The zero-order valence-electron chi connectivity index (χ0n) is 15.3. The van der Waals surface area contributed by atoms with Crippen molar-refractivity contribution in [3.8, 4) is 0 Å². The molecular formula is C19H26N6O. The Balaban J connectivity index is 1.48. The minimum atomic E-state index is -0.0360. The van der Waals surface area contributed by atoms with Gasteiger partial charge in [0.2, 0.25) is 0 Å². The predicted molar refractivity (Wildman–Crippen MR) is 97.5 cm³/mol. The van der Waals surface area contributed by atoms with E-state index in [0.717, 1.165) is 68.2 Å². The number of hydrogen-bond donors (Lipinski definition) is 1. The molecule has 0 bridgehead atoms. The van der Waals surface area contributed by atoms with Crippen LogP contribution in [0.3, 0.4) is 0 Å². The van der Waals surface area contributed by atoms with Gasteiger partial charge in [0.15, 0.2) is 5.82 Å². The van der Waals surface area contributed by atoms with E-state index in [4.69, 9.17) is 0 Å². The molecular weight excluding hydrogens is 328 g/mol. The number of likely N-dealkylation sites (tertiary alicyclic amines) is 1. The molecule has 7 nitrogen and oxygen atoms in total. The summed E-state index contributed by atoms with van der Waals surface area (Å²) in [7, 11) is 0. The summed E-state index contributed by atoms with van der Waals surface area (Å²) in [5.41, 5.74) is 1.84. The number of urea groups is 1. The third-order valence-corrected chi connectivity index (χ3v) is 5.32. The van der Waals surface area contributed by atoms with E-state index in [2.05, 4.69) is 25.1 Å². The van der Waals surface area contributed by atoms with Gasteiger partial charge in [0.1, 0.15) is 5.82 Å². The summed E-state index contributed by atoms with van der Waals surface area (Å²) in [5.74, 6) is 2.03. The van der Waals surface area contributed by atoms with Gasteiger partial charge in [-0.3, -0.25) is 4.98 Å². The fourth-order valence-electron chi connectivity index (χ4n) is 3.99. The van der Waals surface area contributed by atoms with E-state index in [1.165, 1.54) is 6.42 Å². The summed E-state index contributed by atoms with van der Waals surface area (Å²) >= 11 is 0. The normalized spacial score (nSPS) is 19.9. The molecule has 0 radical (unpaired) electrons. The van der Waals surface area contributed by atoms with E-state index >= 15 is 0 Å². The van der Waals surface area contributed by atoms with E-state index in [-0.39, 0.29) is 12.1 Å². The van der Waals surface area contributed by atoms with E-state index in [1.54, 1.807) is 0 Å². The number of piperidine rings is 1. The highest BCUT2D eigenvalue weighted by molar-refractivity contribution is 5.74. The van der Waals surface area contributed by atoms with Gasteiger partial charge in [-0.2, -0.15) is 0 Å². The highest BCUT2D eigenvalue weighted by Crippen LogP contribution is 2.31.